The Labute approximate surface area is 196 Å². The van der Waals surface area contributed by atoms with Crippen LogP contribution in [0.3, 0.4) is 0 Å². The lowest BCUT2D eigenvalue weighted by Crippen LogP contribution is -2.37. The van der Waals surface area contributed by atoms with Gasteiger partial charge in [0, 0.05) is 15.9 Å². The number of nitrogens with zero attached hydrogens (tertiary/aromatic N) is 1. The topological polar surface area (TPSA) is 66.5 Å². The van der Waals surface area contributed by atoms with Crippen LogP contribution in [0.4, 0.5) is 5.69 Å². The Kier molecular flexibility index (Phi) is 7.94. The number of amides is 1. The maximum atomic E-state index is 13.4. The summed E-state index contributed by atoms with van der Waals surface area (Å²) in [5.41, 5.74) is 2.41. The number of aryl methyl sites for hydroxylation is 1. The van der Waals surface area contributed by atoms with E-state index in [4.69, 9.17) is 0 Å². The maximum absolute atomic E-state index is 13.4. The van der Waals surface area contributed by atoms with Gasteiger partial charge in [0.1, 0.15) is 0 Å². The summed E-state index contributed by atoms with van der Waals surface area (Å²) in [6, 6.07) is 21.4. The number of anilines is 1. The minimum absolute atomic E-state index is 0.0844. The van der Waals surface area contributed by atoms with Crippen LogP contribution in [0.1, 0.15) is 11.1 Å². The van der Waals surface area contributed by atoms with Gasteiger partial charge in [-0.15, -0.1) is 11.8 Å². The summed E-state index contributed by atoms with van der Waals surface area (Å²) in [4.78, 5) is 13.9. The molecule has 0 saturated carbocycles. The second-order valence-corrected chi connectivity index (χ2v) is 10.7. The molecule has 0 saturated heterocycles. The van der Waals surface area contributed by atoms with E-state index in [-0.39, 0.29) is 18.0 Å². The molecule has 3 aromatic rings. The van der Waals surface area contributed by atoms with Gasteiger partial charge in [0.05, 0.1) is 17.1 Å². The number of carbonyl (C=O) groups excluding carboxylic acids is 1. The first-order valence-electron chi connectivity index (χ1n) is 9.54. The first-order valence-corrected chi connectivity index (χ1v) is 13.0. The van der Waals surface area contributed by atoms with Gasteiger partial charge >= 0.3 is 0 Å². The number of sulfonamides is 1. The Morgan fingerprint density at radius 1 is 1.00 bits per heavy atom. The van der Waals surface area contributed by atoms with Crippen LogP contribution in [0.15, 0.2) is 87.1 Å². The first kappa shape index (κ1) is 23.5. The third-order valence-corrected chi connectivity index (χ3v) is 7.76. The summed E-state index contributed by atoms with van der Waals surface area (Å²) in [6.45, 7) is 1.68. The third-order valence-electron chi connectivity index (χ3n) is 4.63. The number of hydrogen-bond donors (Lipinski definition) is 1. The fraction of sp³-hybridized carbons (Fsp3) is 0.174. The summed E-state index contributed by atoms with van der Waals surface area (Å²) in [7, 11) is -3.87. The molecule has 0 heterocycles. The van der Waals surface area contributed by atoms with Crippen LogP contribution < -0.4 is 5.32 Å². The zero-order valence-electron chi connectivity index (χ0n) is 17.2. The van der Waals surface area contributed by atoms with Crippen LogP contribution >= 0.6 is 27.7 Å². The molecule has 162 valence electrons. The lowest BCUT2D eigenvalue weighted by Gasteiger charge is -2.22. The quantitative estimate of drug-likeness (QED) is 0.410. The SMILES string of the molecule is CSc1ccccc1NC(=O)CN(Cc1ccc(Br)cc1)S(=O)(=O)c1ccc(C)cc1. The van der Waals surface area contributed by atoms with E-state index in [9.17, 15) is 13.2 Å². The number of carbonyl (C=O) groups is 1. The molecule has 5 nitrogen and oxygen atoms in total. The zero-order chi connectivity index (χ0) is 22.4. The van der Waals surface area contributed by atoms with Crippen molar-refractivity contribution >= 4 is 49.3 Å². The minimum Gasteiger partial charge on any atom is -0.324 e. The van der Waals surface area contributed by atoms with Crippen molar-refractivity contribution in [1.82, 2.24) is 4.31 Å². The van der Waals surface area contributed by atoms with Crippen molar-refractivity contribution in [2.75, 3.05) is 18.1 Å². The Morgan fingerprint density at radius 3 is 2.29 bits per heavy atom. The molecule has 31 heavy (non-hydrogen) atoms. The monoisotopic (exact) mass is 518 g/mol. The van der Waals surface area contributed by atoms with Gasteiger partial charge in [0.2, 0.25) is 15.9 Å². The predicted molar refractivity (Wildman–Crippen MR) is 130 cm³/mol. The molecule has 0 aliphatic heterocycles. The number of benzene rings is 3. The summed E-state index contributed by atoms with van der Waals surface area (Å²) in [6.07, 6.45) is 1.92. The lowest BCUT2D eigenvalue weighted by atomic mass is 10.2. The highest BCUT2D eigenvalue weighted by atomic mass is 79.9. The summed E-state index contributed by atoms with van der Waals surface area (Å²) >= 11 is 4.90. The van der Waals surface area contributed by atoms with Gasteiger partial charge in [0.15, 0.2) is 0 Å². The number of thioether (sulfide) groups is 1. The molecule has 0 unspecified atom stereocenters. The molecule has 0 aliphatic rings. The standard InChI is InChI=1S/C23H23BrN2O3S2/c1-17-7-13-20(14-8-17)31(28,29)26(15-18-9-11-19(24)12-10-18)16-23(27)25-21-5-3-4-6-22(21)30-2/h3-14H,15-16H2,1-2H3,(H,25,27). The summed E-state index contributed by atoms with van der Waals surface area (Å²) < 4.78 is 28.8. The number of para-hydroxylation sites is 1. The maximum Gasteiger partial charge on any atom is 0.243 e. The predicted octanol–water partition coefficient (Wildman–Crippen LogP) is 5.31. The zero-order valence-corrected chi connectivity index (χ0v) is 20.4. The van der Waals surface area contributed by atoms with Crippen LogP contribution in [0.25, 0.3) is 0 Å². The van der Waals surface area contributed by atoms with Gasteiger partial charge in [-0.1, -0.05) is 57.9 Å². The molecule has 3 rings (SSSR count). The van der Waals surface area contributed by atoms with E-state index in [0.717, 1.165) is 20.5 Å². The minimum atomic E-state index is -3.87. The van der Waals surface area contributed by atoms with Gasteiger partial charge < -0.3 is 5.32 Å². The van der Waals surface area contributed by atoms with Crippen molar-refractivity contribution in [3.63, 3.8) is 0 Å². The van der Waals surface area contributed by atoms with Gasteiger partial charge in [-0.3, -0.25) is 4.79 Å². The van der Waals surface area contributed by atoms with E-state index in [1.165, 1.54) is 16.1 Å². The second kappa shape index (κ2) is 10.5. The Balaban J connectivity index is 1.88. The van der Waals surface area contributed by atoms with Crippen LogP contribution in [0.2, 0.25) is 0 Å². The second-order valence-electron chi connectivity index (χ2n) is 6.96. The van der Waals surface area contributed by atoms with Crippen molar-refractivity contribution in [3.05, 3.63) is 88.4 Å². The van der Waals surface area contributed by atoms with E-state index >= 15 is 0 Å². The van der Waals surface area contributed by atoms with Crippen molar-refractivity contribution in [2.24, 2.45) is 0 Å². The molecule has 0 aromatic heterocycles. The molecule has 0 fully saturated rings. The summed E-state index contributed by atoms with van der Waals surface area (Å²) in [5.74, 6) is -0.394. The van der Waals surface area contributed by atoms with E-state index in [1.54, 1.807) is 30.3 Å². The molecule has 8 heteroatoms. The molecule has 3 aromatic carbocycles. The lowest BCUT2D eigenvalue weighted by molar-refractivity contribution is -0.116. The van der Waals surface area contributed by atoms with E-state index in [0.29, 0.717) is 5.69 Å². The van der Waals surface area contributed by atoms with Gasteiger partial charge in [-0.25, -0.2) is 8.42 Å². The molecule has 1 amide bonds. The van der Waals surface area contributed by atoms with Crippen LogP contribution in [0.5, 0.6) is 0 Å². The molecule has 0 atom stereocenters. The highest BCUT2D eigenvalue weighted by Crippen LogP contribution is 2.25. The molecular formula is C23H23BrN2O3S2. The molecule has 0 bridgehead atoms. The Morgan fingerprint density at radius 2 is 1.65 bits per heavy atom. The van der Waals surface area contributed by atoms with E-state index < -0.39 is 15.9 Å². The number of hydrogen-bond acceptors (Lipinski definition) is 4. The van der Waals surface area contributed by atoms with Crippen LogP contribution in [0, 0.1) is 6.92 Å². The van der Waals surface area contributed by atoms with Gasteiger partial charge in [-0.2, -0.15) is 4.31 Å². The first-order chi connectivity index (χ1) is 14.8. The van der Waals surface area contributed by atoms with E-state index in [2.05, 4.69) is 21.2 Å². The molecule has 1 N–H and O–H groups in total. The average Bonchev–Trinajstić information content (AvgIpc) is 2.75. The fourth-order valence-electron chi connectivity index (χ4n) is 2.98. The van der Waals surface area contributed by atoms with Crippen molar-refractivity contribution in [3.8, 4) is 0 Å². The Hall–Kier alpha value is -2.13. The molecule has 0 aliphatic carbocycles. The van der Waals surface area contributed by atoms with Crippen molar-refractivity contribution in [2.45, 2.75) is 23.3 Å². The Bertz CT molecular complexity index is 1150. The average molecular weight is 519 g/mol. The van der Waals surface area contributed by atoms with E-state index in [1.807, 2.05) is 55.6 Å². The fourth-order valence-corrected chi connectivity index (χ4v) is 5.18. The smallest absolute Gasteiger partial charge is 0.243 e. The third kappa shape index (κ3) is 6.20. The van der Waals surface area contributed by atoms with Crippen molar-refractivity contribution < 1.29 is 13.2 Å². The van der Waals surface area contributed by atoms with Crippen LogP contribution in [-0.2, 0) is 21.4 Å². The molecule has 0 radical (unpaired) electrons. The number of rotatable bonds is 8. The molecule has 0 spiro atoms. The van der Waals surface area contributed by atoms with Gasteiger partial charge in [-0.05, 0) is 55.1 Å². The molecular weight excluding hydrogens is 496 g/mol. The number of nitrogens with one attached hydrogen (secondary N) is 1. The largest absolute Gasteiger partial charge is 0.324 e. The number of halogens is 1. The van der Waals surface area contributed by atoms with Crippen molar-refractivity contribution in [1.29, 1.82) is 0 Å². The summed E-state index contributed by atoms with van der Waals surface area (Å²) in [5, 5.41) is 2.85. The van der Waals surface area contributed by atoms with Gasteiger partial charge in [0.25, 0.3) is 0 Å². The van der Waals surface area contributed by atoms with Crippen LogP contribution in [-0.4, -0.2) is 31.4 Å². The highest BCUT2D eigenvalue weighted by Gasteiger charge is 2.27. The normalized spacial score (nSPS) is 11.5. The highest BCUT2D eigenvalue weighted by molar-refractivity contribution is 9.10.